The van der Waals surface area contributed by atoms with Crippen LogP contribution in [-0.2, 0) is 0 Å². The molecule has 2 unspecified atom stereocenters. The van der Waals surface area contributed by atoms with E-state index in [1.807, 2.05) is 0 Å². The Hall–Kier alpha value is -0.580. The molecule has 0 aliphatic heterocycles. The number of aliphatic hydroxyl groups is 1. The van der Waals surface area contributed by atoms with Gasteiger partial charge in [-0.25, -0.2) is 4.39 Å². The van der Waals surface area contributed by atoms with Crippen LogP contribution >= 0.6 is 0 Å². The molecular weight excluding hydrogens is 164 g/mol. The Morgan fingerprint density at radius 2 is 1.82 bits per heavy atom. The Balaban J connectivity index is 4.13. The summed E-state index contributed by atoms with van der Waals surface area (Å²) in [7, 11) is 0. The Bertz CT molecular complexity index is 140. The van der Waals surface area contributed by atoms with Gasteiger partial charge in [0.15, 0.2) is 0 Å². The van der Waals surface area contributed by atoms with Crippen molar-refractivity contribution in [2.24, 2.45) is 5.92 Å². The molecule has 1 N–H and O–H groups in total. The van der Waals surface area contributed by atoms with E-state index in [4.69, 9.17) is 5.11 Å². The minimum atomic E-state index is -4.49. The summed E-state index contributed by atoms with van der Waals surface area (Å²) >= 11 is 0. The molecule has 0 bridgehead atoms. The van der Waals surface area contributed by atoms with E-state index in [-0.39, 0.29) is 6.33 Å². The fraction of sp³-hybridized carbons (Fsp3) is 0.667. The van der Waals surface area contributed by atoms with Crippen molar-refractivity contribution in [1.29, 1.82) is 0 Å². The topological polar surface area (TPSA) is 20.2 Å². The van der Waals surface area contributed by atoms with Crippen molar-refractivity contribution in [1.82, 2.24) is 0 Å². The lowest BCUT2D eigenvalue weighted by Gasteiger charge is -2.18. The van der Waals surface area contributed by atoms with Crippen molar-refractivity contribution in [3.63, 3.8) is 0 Å². The quantitative estimate of drug-likeness (QED) is 0.632. The summed E-state index contributed by atoms with van der Waals surface area (Å²) in [5, 5.41) is 8.61. The maximum absolute atomic E-state index is 11.7. The predicted molar refractivity (Wildman–Crippen MR) is 31.5 cm³/mol. The number of halogens is 4. The molecule has 0 aliphatic carbocycles. The Morgan fingerprint density at radius 1 is 1.36 bits per heavy atom. The van der Waals surface area contributed by atoms with Gasteiger partial charge in [0, 0.05) is 0 Å². The predicted octanol–water partition coefficient (Wildman–Crippen LogP) is 2.03. The zero-order valence-corrected chi connectivity index (χ0v) is 5.77. The molecule has 0 fully saturated rings. The van der Waals surface area contributed by atoms with Crippen molar-refractivity contribution in [2.45, 2.75) is 19.2 Å². The number of rotatable bonds is 2. The van der Waals surface area contributed by atoms with Gasteiger partial charge in [-0.15, -0.1) is 0 Å². The second-order valence-electron chi connectivity index (χ2n) is 2.14. The zero-order chi connectivity index (χ0) is 9.07. The third-order valence-electron chi connectivity index (χ3n) is 1.30. The van der Waals surface area contributed by atoms with Crippen LogP contribution in [0.2, 0.25) is 0 Å². The van der Waals surface area contributed by atoms with Crippen molar-refractivity contribution >= 4 is 0 Å². The van der Waals surface area contributed by atoms with E-state index in [9.17, 15) is 17.6 Å². The van der Waals surface area contributed by atoms with Gasteiger partial charge in [0.05, 0.1) is 18.4 Å². The number of alkyl halides is 3. The first-order valence-corrected chi connectivity index (χ1v) is 2.91. The van der Waals surface area contributed by atoms with Crippen LogP contribution < -0.4 is 0 Å². The molecule has 0 radical (unpaired) electrons. The van der Waals surface area contributed by atoms with E-state index in [0.717, 1.165) is 6.92 Å². The highest BCUT2D eigenvalue weighted by atomic mass is 19.4. The maximum Gasteiger partial charge on any atom is 0.394 e. The fourth-order valence-electron chi connectivity index (χ4n) is 0.435. The van der Waals surface area contributed by atoms with E-state index in [2.05, 4.69) is 0 Å². The molecule has 0 saturated carbocycles. The van der Waals surface area contributed by atoms with E-state index >= 15 is 0 Å². The highest BCUT2D eigenvalue weighted by molar-refractivity contribution is 4.88. The molecule has 0 spiro atoms. The van der Waals surface area contributed by atoms with E-state index in [0.29, 0.717) is 6.08 Å². The van der Waals surface area contributed by atoms with Gasteiger partial charge in [0.25, 0.3) is 0 Å². The molecule has 0 aromatic rings. The smallest absolute Gasteiger partial charge is 0.388 e. The lowest BCUT2D eigenvalue weighted by molar-refractivity contribution is -0.187. The van der Waals surface area contributed by atoms with Gasteiger partial charge in [-0.1, -0.05) is 6.92 Å². The molecule has 11 heavy (non-hydrogen) atoms. The normalized spacial score (nSPS) is 18.7. The summed E-state index contributed by atoms with van der Waals surface area (Å²) < 4.78 is 46.4. The summed E-state index contributed by atoms with van der Waals surface area (Å²) in [6.07, 6.45) is -5.94. The van der Waals surface area contributed by atoms with E-state index in [1.54, 1.807) is 0 Å². The molecule has 0 heterocycles. The largest absolute Gasteiger partial charge is 0.394 e. The Morgan fingerprint density at radius 3 is 2.09 bits per heavy atom. The van der Waals surface area contributed by atoms with Crippen LogP contribution in [0.25, 0.3) is 0 Å². The molecule has 0 amide bonds. The standard InChI is InChI=1S/C6H8F4O/c1-4(6(8,9)10)5(11)2-3-7/h2-5,11H,1H3. The molecule has 66 valence electrons. The van der Waals surface area contributed by atoms with Crippen molar-refractivity contribution in [2.75, 3.05) is 0 Å². The van der Waals surface area contributed by atoms with Crippen LogP contribution in [0, 0.1) is 5.92 Å². The van der Waals surface area contributed by atoms with Crippen LogP contribution in [0.3, 0.4) is 0 Å². The van der Waals surface area contributed by atoms with Crippen LogP contribution in [0.1, 0.15) is 6.92 Å². The second-order valence-corrected chi connectivity index (χ2v) is 2.14. The summed E-state index contributed by atoms with van der Waals surface area (Å²) in [5.74, 6) is -1.94. The highest BCUT2D eigenvalue weighted by Crippen LogP contribution is 2.28. The van der Waals surface area contributed by atoms with Crippen molar-refractivity contribution in [3.05, 3.63) is 12.4 Å². The van der Waals surface area contributed by atoms with Gasteiger partial charge in [0.1, 0.15) is 0 Å². The minimum absolute atomic E-state index is 0.104. The van der Waals surface area contributed by atoms with Gasteiger partial charge >= 0.3 is 6.18 Å². The summed E-state index contributed by atoms with van der Waals surface area (Å²) in [6, 6.07) is 0. The molecule has 0 rings (SSSR count). The maximum atomic E-state index is 11.7. The summed E-state index contributed by atoms with van der Waals surface area (Å²) in [5.41, 5.74) is 0. The fourth-order valence-corrected chi connectivity index (χ4v) is 0.435. The third kappa shape index (κ3) is 3.36. The molecule has 5 heteroatoms. The molecule has 0 aliphatic rings. The first-order valence-electron chi connectivity index (χ1n) is 2.91. The lowest BCUT2D eigenvalue weighted by atomic mass is 10.1. The molecule has 2 atom stereocenters. The average molecular weight is 172 g/mol. The molecular formula is C6H8F4O. The van der Waals surface area contributed by atoms with E-state index < -0.39 is 18.2 Å². The van der Waals surface area contributed by atoms with Crippen molar-refractivity contribution < 1.29 is 22.7 Å². The van der Waals surface area contributed by atoms with E-state index in [1.165, 1.54) is 0 Å². The second kappa shape index (κ2) is 3.71. The summed E-state index contributed by atoms with van der Waals surface area (Å²) in [4.78, 5) is 0. The Kier molecular flexibility index (Phi) is 3.51. The third-order valence-corrected chi connectivity index (χ3v) is 1.30. The lowest BCUT2D eigenvalue weighted by Crippen LogP contribution is -2.30. The number of hydrogen-bond acceptors (Lipinski definition) is 1. The molecule has 0 aromatic carbocycles. The van der Waals surface area contributed by atoms with Gasteiger partial charge < -0.3 is 5.11 Å². The summed E-state index contributed by atoms with van der Waals surface area (Å²) in [6.45, 7) is 0.782. The van der Waals surface area contributed by atoms with Gasteiger partial charge in [-0.3, -0.25) is 0 Å². The molecule has 0 saturated heterocycles. The van der Waals surface area contributed by atoms with Crippen LogP contribution in [0.4, 0.5) is 17.6 Å². The van der Waals surface area contributed by atoms with Crippen LogP contribution in [0.15, 0.2) is 12.4 Å². The highest BCUT2D eigenvalue weighted by Gasteiger charge is 2.39. The molecule has 0 aromatic heterocycles. The monoisotopic (exact) mass is 172 g/mol. The number of hydrogen-bond donors (Lipinski definition) is 1. The average Bonchev–Trinajstić information content (AvgIpc) is 1.85. The minimum Gasteiger partial charge on any atom is -0.388 e. The van der Waals surface area contributed by atoms with Gasteiger partial charge in [-0.2, -0.15) is 13.2 Å². The Labute approximate surface area is 61.3 Å². The first kappa shape index (κ1) is 10.4. The first-order chi connectivity index (χ1) is 4.89. The zero-order valence-electron chi connectivity index (χ0n) is 5.77. The SMILES string of the molecule is CC(C(O)C=CF)C(F)(F)F. The van der Waals surface area contributed by atoms with Crippen LogP contribution in [-0.4, -0.2) is 17.4 Å². The van der Waals surface area contributed by atoms with Crippen LogP contribution in [0.5, 0.6) is 0 Å². The van der Waals surface area contributed by atoms with Gasteiger partial charge in [0.2, 0.25) is 0 Å². The number of aliphatic hydroxyl groups excluding tert-OH is 1. The van der Waals surface area contributed by atoms with Gasteiger partial charge in [-0.05, 0) is 6.08 Å². The van der Waals surface area contributed by atoms with Crippen molar-refractivity contribution in [3.8, 4) is 0 Å². The molecule has 1 nitrogen and oxygen atoms in total.